The summed E-state index contributed by atoms with van der Waals surface area (Å²) in [5.41, 5.74) is 3.70. The van der Waals surface area contributed by atoms with Crippen molar-refractivity contribution >= 4 is 18.3 Å². The molecule has 1 aromatic heterocycles. The number of benzene rings is 1. The number of carbonyl (C=O) groups excluding carboxylic acids is 1. The molecule has 0 saturated carbocycles. The number of aryl methyl sites for hydroxylation is 1. The molecule has 6 heteroatoms. The molecule has 1 fully saturated rings. The number of carbonyl (C=O) groups is 1. The third-order valence-electron chi connectivity index (χ3n) is 5.34. The Balaban J connectivity index is 0.00000261. The fourth-order valence-electron chi connectivity index (χ4n) is 3.61. The Morgan fingerprint density at radius 2 is 1.93 bits per heavy atom. The molecule has 1 aliphatic rings. The van der Waals surface area contributed by atoms with Crippen LogP contribution in [0.2, 0.25) is 0 Å². The topological polar surface area (TPSA) is 59.0 Å². The molecule has 3 rings (SSSR count). The van der Waals surface area contributed by atoms with Crippen LogP contribution in [0.25, 0.3) is 0 Å². The van der Waals surface area contributed by atoms with E-state index in [1.165, 1.54) is 5.56 Å². The van der Waals surface area contributed by atoms with E-state index in [2.05, 4.69) is 60.8 Å². The van der Waals surface area contributed by atoms with Gasteiger partial charge in [-0.1, -0.05) is 45.0 Å². The summed E-state index contributed by atoms with van der Waals surface area (Å²) in [5.74, 6) is 0.228. The van der Waals surface area contributed by atoms with Gasteiger partial charge in [-0.3, -0.25) is 9.48 Å². The van der Waals surface area contributed by atoms with Crippen molar-refractivity contribution in [2.45, 2.75) is 45.1 Å². The molecule has 1 unspecified atom stereocenters. The summed E-state index contributed by atoms with van der Waals surface area (Å²) >= 11 is 0. The zero-order valence-electron chi connectivity index (χ0n) is 16.8. The van der Waals surface area contributed by atoms with Crippen molar-refractivity contribution in [3.05, 3.63) is 53.3 Å². The second kappa shape index (κ2) is 8.44. The number of aromatic nitrogens is 2. The predicted octanol–water partition coefficient (Wildman–Crippen LogP) is 3.32. The Bertz CT molecular complexity index is 763. The van der Waals surface area contributed by atoms with Gasteiger partial charge < -0.3 is 10.6 Å². The van der Waals surface area contributed by atoms with Crippen LogP contribution in [0.1, 0.15) is 56.3 Å². The van der Waals surface area contributed by atoms with Crippen LogP contribution in [0.4, 0.5) is 0 Å². The highest BCUT2D eigenvalue weighted by Crippen LogP contribution is 2.29. The van der Waals surface area contributed by atoms with Gasteiger partial charge >= 0.3 is 0 Å². The molecule has 2 heterocycles. The van der Waals surface area contributed by atoms with E-state index in [4.69, 9.17) is 0 Å². The number of nitrogens with one attached hydrogen (secondary N) is 2. The van der Waals surface area contributed by atoms with Crippen molar-refractivity contribution in [3.63, 3.8) is 0 Å². The van der Waals surface area contributed by atoms with Gasteiger partial charge in [0.05, 0.1) is 18.2 Å². The maximum absolute atomic E-state index is 12.9. The molecular formula is C21H31ClN4O. The average Bonchev–Trinajstić information content (AvgIpc) is 3.22. The molecule has 3 atom stereocenters. The van der Waals surface area contributed by atoms with Gasteiger partial charge in [0.15, 0.2) is 0 Å². The summed E-state index contributed by atoms with van der Waals surface area (Å²) in [5, 5.41) is 10.8. The van der Waals surface area contributed by atoms with E-state index in [1.54, 1.807) is 4.68 Å². The van der Waals surface area contributed by atoms with Gasteiger partial charge in [-0.05, 0) is 29.0 Å². The minimum atomic E-state index is -0.0597. The third-order valence-corrected chi connectivity index (χ3v) is 5.34. The molecule has 1 saturated heterocycles. The van der Waals surface area contributed by atoms with Crippen LogP contribution in [-0.4, -0.2) is 28.8 Å². The van der Waals surface area contributed by atoms with E-state index in [1.807, 2.05) is 26.4 Å². The van der Waals surface area contributed by atoms with Gasteiger partial charge in [0.1, 0.15) is 0 Å². The van der Waals surface area contributed by atoms with Crippen molar-refractivity contribution in [2.24, 2.45) is 13.0 Å². The lowest BCUT2D eigenvalue weighted by atomic mass is 9.86. The first-order valence-corrected chi connectivity index (χ1v) is 9.36. The Labute approximate surface area is 168 Å². The minimum Gasteiger partial charge on any atom is -0.349 e. The van der Waals surface area contributed by atoms with Gasteiger partial charge in [0, 0.05) is 32.3 Å². The maximum atomic E-state index is 12.9. The highest BCUT2D eigenvalue weighted by Gasteiger charge is 2.35. The molecule has 5 nitrogen and oxygen atoms in total. The number of amides is 1. The van der Waals surface area contributed by atoms with Crippen LogP contribution in [0.3, 0.4) is 0 Å². The first kappa shape index (κ1) is 21.5. The van der Waals surface area contributed by atoms with Crippen molar-refractivity contribution in [2.75, 3.05) is 13.1 Å². The first-order chi connectivity index (χ1) is 12.3. The smallest absolute Gasteiger partial charge is 0.225 e. The van der Waals surface area contributed by atoms with E-state index in [-0.39, 0.29) is 41.6 Å². The largest absolute Gasteiger partial charge is 0.349 e. The summed E-state index contributed by atoms with van der Waals surface area (Å²) < 4.78 is 1.79. The van der Waals surface area contributed by atoms with Crippen LogP contribution < -0.4 is 10.6 Å². The van der Waals surface area contributed by atoms with Gasteiger partial charge in [0.2, 0.25) is 5.91 Å². The van der Waals surface area contributed by atoms with Crippen LogP contribution in [0.5, 0.6) is 0 Å². The number of hydrogen-bond donors (Lipinski definition) is 2. The van der Waals surface area contributed by atoms with Gasteiger partial charge in [-0.25, -0.2) is 0 Å². The quantitative estimate of drug-likeness (QED) is 0.841. The van der Waals surface area contributed by atoms with Crippen LogP contribution in [0.15, 0.2) is 36.7 Å². The normalized spacial score (nSPS) is 20.8. The molecule has 0 spiro atoms. The molecule has 0 bridgehead atoms. The van der Waals surface area contributed by atoms with Crippen molar-refractivity contribution in [1.29, 1.82) is 0 Å². The zero-order chi connectivity index (χ0) is 18.9. The van der Waals surface area contributed by atoms with Crippen LogP contribution in [0, 0.1) is 5.92 Å². The molecule has 1 aliphatic heterocycles. The van der Waals surface area contributed by atoms with E-state index in [0.717, 1.165) is 17.7 Å². The molecule has 148 valence electrons. The van der Waals surface area contributed by atoms with Crippen molar-refractivity contribution in [1.82, 2.24) is 20.4 Å². The number of hydrogen-bond acceptors (Lipinski definition) is 3. The van der Waals surface area contributed by atoms with E-state index < -0.39 is 0 Å². The van der Waals surface area contributed by atoms with Gasteiger partial charge in [-0.15, -0.1) is 12.4 Å². The summed E-state index contributed by atoms with van der Waals surface area (Å²) in [6, 6.07) is 8.56. The second-order valence-corrected chi connectivity index (χ2v) is 8.42. The fraction of sp³-hybridized carbons (Fsp3) is 0.524. The number of nitrogens with zero attached hydrogens (tertiary/aromatic N) is 2. The summed E-state index contributed by atoms with van der Waals surface area (Å²) in [6.45, 7) is 10.2. The molecule has 27 heavy (non-hydrogen) atoms. The Hall–Kier alpha value is -1.85. The van der Waals surface area contributed by atoms with Crippen molar-refractivity contribution in [3.8, 4) is 0 Å². The number of halogens is 1. The summed E-state index contributed by atoms with van der Waals surface area (Å²) in [6.07, 6.45) is 3.87. The van der Waals surface area contributed by atoms with Gasteiger partial charge in [0.25, 0.3) is 0 Å². The molecular weight excluding hydrogens is 360 g/mol. The summed E-state index contributed by atoms with van der Waals surface area (Å²) in [4.78, 5) is 12.9. The maximum Gasteiger partial charge on any atom is 0.225 e. The standard InChI is InChI=1S/C21H30N4O.ClH/c1-14(15-6-8-17(9-7-15)21(2,3)4)24-20(26)19-12-22-11-18(19)16-10-23-25(5)13-16;/h6-10,13-14,18-19,22H,11-12H2,1-5H3,(H,24,26);1H/t14?,18-,19+;/m1./s1. The highest BCUT2D eigenvalue weighted by molar-refractivity contribution is 5.85. The lowest BCUT2D eigenvalue weighted by molar-refractivity contribution is -0.125. The van der Waals surface area contributed by atoms with E-state index >= 15 is 0 Å². The summed E-state index contributed by atoms with van der Waals surface area (Å²) in [7, 11) is 1.91. The molecule has 0 aliphatic carbocycles. The van der Waals surface area contributed by atoms with Crippen LogP contribution >= 0.6 is 12.4 Å². The number of rotatable bonds is 4. The fourth-order valence-corrected chi connectivity index (χ4v) is 3.61. The first-order valence-electron chi connectivity index (χ1n) is 9.36. The second-order valence-electron chi connectivity index (χ2n) is 8.42. The SMILES string of the molecule is CC(NC(=O)[C@H]1CNC[C@@H]1c1cnn(C)c1)c1ccc(C(C)(C)C)cc1.Cl. The molecule has 2 aromatic rings. The Morgan fingerprint density at radius 3 is 2.48 bits per heavy atom. The predicted molar refractivity (Wildman–Crippen MR) is 111 cm³/mol. The molecule has 2 N–H and O–H groups in total. The molecule has 1 aromatic carbocycles. The molecule has 0 radical (unpaired) electrons. The lowest BCUT2D eigenvalue weighted by Crippen LogP contribution is -2.36. The highest BCUT2D eigenvalue weighted by atomic mass is 35.5. The van der Waals surface area contributed by atoms with Gasteiger partial charge in [-0.2, -0.15) is 5.10 Å². The Morgan fingerprint density at radius 1 is 1.26 bits per heavy atom. The van der Waals surface area contributed by atoms with E-state index in [0.29, 0.717) is 6.54 Å². The van der Waals surface area contributed by atoms with Crippen molar-refractivity contribution < 1.29 is 4.79 Å². The molecule has 1 amide bonds. The zero-order valence-corrected chi connectivity index (χ0v) is 17.6. The average molecular weight is 391 g/mol. The Kier molecular flexibility index (Phi) is 6.71. The van der Waals surface area contributed by atoms with E-state index in [9.17, 15) is 4.79 Å². The monoisotopic (exact) mass is 390 g/mol. The lowest BCUT2D eigenvalue weighted by Gasteiger charge is -2.22. The third kappa shape index (κ3) is 4.90. The minimum absolute atomic E-state index is 0. The van der Waals surface area contributed by atoms with Crippen LogP contribution in [-0.2, 0) is 17.3 Å².